The van der Waals surface area contributed by atoms with E-state index in [4.69, 9.17) is 4.74 Å². The van der Waals surface area contributed by atoms with Crippen LogP contribution < -0.4 is 9.64 Å². The number of aryl methyl sites for hydroxylation is 3. The van der Waals surface area contributed by atoms with Crippen molar-refractivity contribution in [3.8, 4) is 33.8 Å². The van der Waals surface area contributed by atoms with E-state index in [1.54, 1.807) is 0 Å². The highest BCUT2D eigenvalue weighted by Crippen LogP contribution is 2.63. The van der Waals surface area contributed by atoms with Crippen LogP contribution in [-0.4, -0.2) is 0 Å². The van der Waals surface area contributed by atoms with Gasteiger partial charge in [-0.2, -0.15) is 0 Å². The van der Waals surface area contributed by atoms with Gasteiger partial charge in [0, 0.05) is 11.1 Å². The summed E-state index contributed by atoms with van der Waals surface area (Å²) in [5.74, 6) is 1.78. The Balaban J connectivity index is 1.47. The Morgan fingerprint density at radius 2 is 0.854 bits per heavy atom. The molecule has 0 radical (unpaired) electrons. The van der Waals surface area contributed by atoms with Crippen molar-refractivity contribution in [2.45, 2.75) is 26.2 Å². The lowest BCUT2D eigenvalue weighted by Gasteiger charge is -2.49. The van der Waals surface area contributed by atoms with Gasteiger partial charge in [0.15, 0.2) is 0 Å². The SMILES string of the molecule is Cc1cc(C)c(N2c3cc(-c4ccccc4)ccc3C3(c4ccccc4Oc4ccccc43)c3ccc(-c4ccccc4)cc32)c(C)c1. The zero-order valence-electron chi connectivity index (χ0n) is 27.4. The number of para-hydroxylation sites is 2. The maximum atomic E-state index is 6.67. The zero-order chi connectivity index (χ0) is 32.4. The molecule has 2 heterocycles. The van der Waals surface area contributed by atoms with Crippen molar-refractivity contribution in [1.82, 2.24) is 0 Å². The van der Waals surface area contributed by atoms with Gasteiger partial charge >= 0.3 is 0 Å². The van der Waals surface area contributed by atoms with Gasteiger partial charge in [0.05, 0.1) is 22.5 Å². The van der Waals surface area contributed by atoms with E-state index in [0.717, 1.165) is 22.6 Å². The molecule has 0 N–H and O–H groups in total. The fourth-order valence-corrected chi connectivity index (χ4v) is 8.30. The van der Waals surface area contributed by atoms with E-state index in [9.17, 15) is 0 Å². The topological polar surface area (TPSA) is 12.5 Å². The number of benzene rings is 7. The Hall–Kier alpha value is -5.86. The zero-order valence-corrected chi connectivity index (χ0v) is 27.4. The van der Waals surface area contributed by atoms with E-state index in [1.807, 2.05) is 0 Å². The average molecular weight is 618 g/mol. The lowest BCUT2D eigenvalue weighted by Crippen LogP contribution is -2.40. The molecule has 9 rings (SSSR count). The number of nitrogens with zero attached hydrogens (tertiary/aromatic N) is 1. The molecule has 1 spiro atoms. The summed E-state index contributed by atoms with van der Waals surface area (Å²) in [4.78, 5) is 2.54. The van der Waals surface area contributed by atoms with E-state index in [-0.39, 0.29) is 0 Å². The Morgan fingerprint density at radius 1 is 0.417 bits per heavy atom. The van der Waals surface area contributed by atoms with Crippen LogP contribution in [0.15, 0.2) is 158 Å². The second-order valence-corrected chi connectivity index (χ2v) is 13.1. The van der Waals surface area contributed by atoms with Crippen molar-refractivity contribution in [3.05, 3.63) is 197 Å². The van der Waals surface area contributed by atoms with Crippen LogP contribution in [0.1, 0.15) is 38.9 Å². The smallest absolute Gasteiger partial charge is 0.132 e. The van der Waals surface area contributed by atoms with Gasteiger partial charge in [-0.05, 0) is 89.5 Å². The number of fused-ring (bicyclic) bond motifs is 8. The van der Waals surface area contributed by atoms with Gasteiger partial charge in [0.1, 0.15) is 11.5 Å². The standard InChI is InChI=1S/C46H35NO/c1-30-26-31(2)45(32(3)27-30)47-41-28-35(33-14-6-4-7-15-33)22-24-37(41)46(38-25-23-36(29-42(38)47)34-16-8-5-9-17-34)39-18-10-12-20-43(39)48-44-21-13-11-19-40(44)46/h4-29H,1-3H3. The molecular weight excluding hydrogens is 583 g/mol. The molecule has 0 unspecified atom stereocenters. The Morgan fingerprint density at radius 3 is 1.33 bits per heavy atom. The van der Waals surface area contributed by atoms with E-state index >= 15 is 0 Å². The molecule has 2 nitrogen and oxygen atoms in total. The molecule has 7 aromatic rings. The van der Waals surface area contributed by atoms with Gasteiger partial charge in [-0.25, -0.2) is 0 Å². The molecule has 0 bridgehead atoms. The molecule has 0 amide bonds. The molecule has 2 heteroatoms. The number of anilines is 3. The van der Waals surface area contributed by atoms with Gasteiger partial charge in [-0.1, -0.05) is 139 Å². The molecule has 48 heavy (non-hydrogen) atoms. The van der Waals surface area contributed by atoms with Crippen molar-refractivity contribution in [2.24, 2.45) is 0 Å². The molecule has 0 fully saturated rings. The summed E-state index contributed by atoms with van der Waals surface area (Å²) in [5, 5.41) is 0. The van der Waals surface area contributed by atoms with E-state index < -0.39 is 5.41 Å². The minimum absolute atomic E-state index is 0.608. The van der Waals surface area contributed by atoms with Crippen LogP contribution in [0, 0.1) is 20.8 Å². The Labute approximate surface area is 282 Å². The monoisotopic (exact) mass is 617 g/mol. The second kappa shape index (κ2) is 10.9. The molecular formula is C46H35NO. The number of hydrogen-bond donors (Lipinski definition) is 0. The van der Waals surface area contributed by atoms with Gasteiger partial charge in [-0.15, -0.1) is 0 Å². The molecule has 7 aromatic carbocycles. The Kier molecular flexibility index (Phi) is 6.42. The quantitative estimate of drug-likeness (QED) is 0.196. The highest BCUT2D eigenvalue weighted by atomic mass is 16.5. The van der Waals surface area contributed by atoms with Crippen molar-refractivity contribution >= 4 is 17.1 Å². The summed E-state index contributed by atoms with van der Waals surface area (Å²) >= 11 is 0. The first kappa shape index (κ1) is 28.4. The number of rotatable bonds is 3. The highest BCUT2D eigenvalue weighted by molar-refractivity contribution is 5.95. The predicted molar refractivity (Wildman–Crippen MR) is 198 cm³/mol. The summed E-state index contributed by atoms with van der Waals surface area (Å²) < 4.78 is 6.67. The molecule has 2 aliphatic rings. The van der Waals surface area contributed by atoms with E-state index in [1.165, 1.54) is 67.1 Å². The molecule has 2 aliphatic heterocycles. The van der Waals surface area contributed by atoms with Crippen molar-refractivity contribution in [3.63, 3.8) is 0 Å². The summed E-state index contributed by atoms with van der Waals surface area (Å²) in [5.41, 5.74) is 16.3. The fourth-order valence-electron chi connectivity index (χ4n) is 8.30. The Bertz CT molecular complexity index is 2190. The summed E-state index contributed by atoms with van der Waals surface area (Å²) in [7, 11) is 0. The number of hydrogen-bond acceptors (Lipinski definition) is 2. The third-order valence-electron chi connectivity index (χ3n) is 10.2. The highest BCUT2D eigenvalue weighted by Gasteiger charge is 2.51. The normalized spacial score (nSPS) is 13.6. The average Bonchev–Trinajstić information content (AvgIpc) is 3.12. The summed E-state index contributed by atoms with van der Waals surface area (Å²) in [6, 6.07) is 57.4. The molecule has 0 aromatic heterocycles. The minimum Gasteiger partial charge on any atom is -0.457 e. The van der Waals surface area contributed by atoms with Gasteiger partial charge in [0.2, 0.25) is 0 Å². The maximum Gasteiger partial charge on any atom is 0.132 e. The van der Waals surface area contributed by atoms with Crippen LogP contribution in [0.4, 0.5) is 17.1 Å². The first-order chi connectivity index (χ1) is 23.5. The van der Waals surface area contributed by atoms with Crippen LogP contribution in [0.5, 0.6) is 11.5 Å². The molecule has 0 atom stereocenters. The first-order valence-electron chi connectivity index (χ1n) is 16.7. The summed E-state index contributed by atoms with van der Waals surface area (Å²) in [6.07, 6.45) is 0. The third-order valence-corrected chi connectivity index (χ3v) is 10.2. The van der Waals surface area contributed by atoms with E-state index in [2.05, 4.69) is 183 Å². The van der Waals surface area contributed by atoms with Crippen LogP contribution in [-0.2, 0) is 5.41 Å². The van der Waals surface area contributed by atoms with E-state index in [0.29, 0.717) is 0 Å². The van der Waals surface area contributed by atoms with Crippen molar-refractivity contribution in [2.75, 3.05) is 4.90 Å². The largest absolute Gasteiger partial charge is 0.457 e. The summed E-state index contributed by atoms with van der Waals surface area (Å²) in [6.45, 7) is 6.69. The van der Waals surface area contributed by atoms with Crippen molar-refractivity contribution in [1.29, 1.82) is 0 Å². The predicted octanol–water partition coefficient (Wildman–Crippen LogP) is 12.2. The number of ether oxygens (including phenoxy) is 1. The molecule has 0 saturated heterocycles. The van der Waals surface area contributed by atoms with Crippen LogP contribution in [0.25, 0.3) is 22.3 Å². The van der Waals surface area contributed by atoms with Gasteiger partial charge < -0.3 is 9.64 Å². The lowest BCUT2D eigenvalue weighted by atomic mass is 9.61. The first-order valence-corrected chi connectivity index (χ1v) is 16.7. The van der Waals surface area contributed by atoms with Crippen LogP contribution in [0.3, 0.4) is 0 Å². The molecule has 230 valence electrons. The molecule has 0 aliphatic carbocycles. The van der Waals surface area contributed by atoms with Gasteiger partial charge in [-0.3, -0.25) is 0 Å². The maximum absolute atomic E-state index is 6.67. The lowest BCUT2D eigenvalue weighted by molar-refractivity contribution is 0.434. The fraction of sp³-hybridized carbons (Fsp3) is 0.0870. The van der Waals surface area contributed by atoms with Crippen LogP contribution >= 0.6 is 0 Å². The molecule has 0 saturated carbocycles. The van der Waals surface area contributed by atoms with Crippen LogP contribution in [0.2, 0.25) is 0 Å². The minimum atomic E-state index is -0.608. The third kappa shape index (κ3) is 4.12. The second-order valence-electron chi connectivity index (χ2n) is 13.1. The van der Waals surface area contributed by atoms with Crippen molar-refractivity contribution < 1.29 is 4.74 Å². The van der Waals surface area contributed by atoms with Gasteiger partial charge in [0.25, 0.3) is 0 Å².